The molecular weight excluding hydrogens is 254 g/mol. The second kappa shape index (κ2) is 6.33. The van der Waals surface area contributed by atoms with Crippen molar-refractivity contribution in [1.29, 1.82) is 0 Å². The Bertz CT molecular complexity index is 282. The van der Waals surface area contributed by atoms with E-state index in [0.29, 0.717) is 5.25 Å². The number of thioether (sulfide) groups is 1. The van der Waals surface area contributed by atoms with Crippen molar-refractivity contribution in [3.05, 3.63) is 0 Å². The Morgan fingerprint density at radius 2 is 2.20 bits per heavy atom. The van der Waals surface area contributed by atoms with Crippen LogP contribution in [-0.4, -0.2) is 37.1 Å². The van der Waals surface area contributed by atoms with Crippen LogP contribution in [0.15, 0.2) is 0 Å². The summed E-state index contributed by atoms with van der Waals surface area (Å²) in [6.45, 7) is 2.13. The zero-order valence-corrected chi connectivity index (χ0v) is 11.3. The minimum Gasteiger partial charge on any atom is -0.212 e. The summed E-state index contributed by atoms with van der Waals surface area (Å²) in [7, 11) is -3.14. The molecule has 15 heavy (non-hydrogen) atoms. The van der Waals surface area contributed by atoms with Gasteiger partial charge in [0.1, 0.15) is 0 Å². The van der Waals surface area contributed by atoms with Gasteiger partial charge in [-0.25, -0.2) is 13.1 Å². The van der Waals surface area contributed by atoms with E-state index in [4.69, 9.17) is 11.6 Å². The van der Waals surface area contributed by atoms with Crippen LogP contribution in [0.3, 0.4) is 0 Å². The molecule has 6 heteroatoms. The Balaban J connectivity index is 2.35. The minimum atomic E-state index is -3.14. The van der Waals surface area contributed by atoms with E-state index in [0.717, 1.165) is 25.0 Å². The topological polar surface area (TPSA) is 46.2 Å². The molecule has 3 nitrogen and oxygen atoms in total. The third kappa shape index (κ3) is 4.93. The summed E-state index contributed by atoms with van der Waals surface area (Å²) in [6.07, 6.45) is 3.03. The van der Waals surface area contributed by atoms with E-state index in [1.807, 2.05) is 11.8 Å². The van der Waals surface area contributed by atoms with Crippen molar-refractivity contribution < 1.29 is 8.42 Å². The summed E-state index contributed by atoms with van der Waals surface area (Å²) < 4.78 is 25.6. The highest BCUT2D eigenvalue weighted by Crippen LogP contribution is 2.29. The smallest absolute Gasteiger partial charge is 0.212 e. The lowest BCUT2D eigenvalue weighted by Gasteiger charge is -2.12. The van der Waals surface area contributed by atoms with E-state index in [1.165, 1.54) is 0 Å². The minimum absolute atomic E-state index is 0.0244. The molecule has 0 radical (unpaired) electrons. The Kier molecular flexibility index (Phi) is 5.74. The van der Waals surface area contributed by atoms with Crippen LogP contribution >= 0.6 is 23.4 Å². The SMILES string of the molecule is CCSC1CCC(NS(=O)(=O)CCCl)C1. The van der Waals surface area contributed by atoms with Crippen molar-refractivity contribution in [2.45, 2.75) is 37.5 Å². The van der Waals surface area contributed by atoms with Gasteiger partial charge in [0.15, 0.2) is 0 Å². The van der Waals surface area contributed by atoms with Crippen molar-refractivity contribution in [2.75, 3.05) is 17.4 Å². The normalized spacial score (nSPS) is 27.1. The summed E-state index contributed by atoms with van der Waals surface area (Å²) in [5.41, 5.74) is 0. The van der Waals surface area contributed by atoms with E-state index in [-0.39, 0.29) is 17.7 Å². The van der Waals surface area contributed by atoms with E-state index in [1.54, 1.807) is 0 Å². The summed E-state index contributed by atoms with van der Waals surface area (Å²) in [5.74, 6) is 1.29. The molecule has 1 saturated carbocycles. The third-order valence-electron chi connectivity index (χ3n) is 2.48. The van der Waals surface area contributed by atoms with Crippen molar-refractivity contribution in [1.82, 2.24) is 4.72 Å². The summed E-state index contributed by atoms with van der Waals surface area (Å²) >= 11 is 7.35. The zero-order chi connectivity index (χ0) is 11.3. The van der Waals surface area contributed by atoms with Crippen LogP contribution in [0.5, 0.6) is 0 Å². The molecule has 0 aromatic carbocycles. The number of rotatable bonds is 6. The van der Waals surface area contributed by atoms with Crippen LogP contribution in [0, 0.1) is 0 Å². The quantitative estimate of drug-likeness (QED) is 0.750. The number of hydrogen-bond donors (Lipinski definition) is 1. The molecule has 1 aliphatic carbocycles. The Labute approximate surface area is 101 Å². The molecule has 0 saturated heterocycles. The molecule has 2 atom stereocenters. The van der Waals surface area contributed by atoms with Crippen molar-refractivity contribution in [3.63, 3.8) is 0 Å². The van der Waals surface area contributed by atoms with Gasteiger partial charge < -0.3 is 0 Å². The summed E-state index contributed by atoms with van der Waals surface area (Å²) in [4.78, 5) is 0. The molecule has 1 N–H and O–H groups in total. The second-order valence-electron chi connectivity index (χ2n) is 3.71. The van der Waals surface area contributed by atoms with Gasteiger partial charge in [-0.1, -0.05) is 6.92 Å². The lowest BCUT2D eigenvalue weighted by Crippen LogP contribution is -2.35. The van der Waals surface area contributed by atoms with Gasteiger partial charge in [0, 0.05) is 17.2 Å². The summed E-state index contributed by atoms with van der Waals surface area (Å²) in [5, 5.41) is 0.624. The highest BCUT2D eigenvalue weighted by Gasteiger charge is 2.27. The van der Waals surface area contributed by atoms with Gasteiger partial charge in [-0.05, 0) is 25.0 Å². The van der Waals surface area contributed by atoms with Gasteiger partial charge in [0.25, 0.3) is 0 Å². The largest absolute Gasteiger partial charge is 0.213 e. The van der Waals surface area contributed by atoms with Gasteiger partial charge in [0.05, 0.1) is 5.75 Å². The third-order valence-corrected chi connectivity index (χ3v) is 5.56. The Morgan fingerprint density at radius 3 is 2.80 bits per heavy atom. The maximum atomic E-state index is 11.4. The monoisotopic (exact) mass is 271 g/mol. The number of sulfonamides is 1. The second-order valence-corrected chi connectivity index (χ2v) is 7.54. The number of nitrogens with one attached hydrogen (secondary N) is 1. The predicted octanol–water partition coefficient (Wildman–Crippen LogP) is 1.82. The zero-order valence-electron chi connectivity index (χ0n) is 8.91. The average molecular weight is 272 g/mol. The van der Waals surface area contributed by atoms with Gasteiger partial charge in [-0.15, -0.1) is 11.6 Å². The predicted molar refractivity (Wildman–Crippen MR) is 67.2 cm³/mol. The fraction of sp³-hybridized carbons (Fsp3) is 1.00. The van der Waals surface area contributed by atoms with Crippen LogP contribution in [0.1, 0.15) is 26.2 Å². The molecule has 0 aromatic heterocycles. The first kappa shape index (κ1) is 13.6. The van der Waals surface area contributed by atoms with Crippen molar-refractivity contribution >= 4 is 33.4 Å². The van der Waals surface area contributed by atoms with Crippen LogP contribution in [-0.2, 0) is 10.0 Å². The number of alkyl halides is 1. The molecule has 0 aromatic rings. The first-order valence-electron chi connectivity index (χ1n) is 5.25. The molecule has 0 spiro atoms. The van der Waals surface area contributed by atoms with Crippen LogP contribution < -0.4 is 4.72 Å². The Hall–Kier alpha value is 0.550. The van der Waals surface area contributed by atoms with Crippen molar-refractivity contribution in [3.8, 4) is 0 Å². The molecule has 0 bridgehead atoms. The fourth-order valence-electron chi connectivity index (χ4n) is 1.85. The van der Waals surface area contributed by atoms with E-state index < -0.39 is 10.0 Å². The molecule has 0 heterocycles. The van der Waals surface area contributed by atoms with Gasteiger partial charge in [-0.2, -0.15) is 11.8 Å². The van der Waals surface area contributed by atoms with Crippen LogP contribution in [0.25, 0.3) is 0 Å². The summed E-state index contributed by atoms with van der Waals surface area (Å²) in [6, 6.07) is 0.127. The van der Waals surface area contributed by atoms with Crippen LogP contribution in [0.4, 0.5) is 0 Å². The van der Waals surface area contributed by atoms with Crippen molar-refractivity contribution in [2.24, 2.45) is 0 Å². The van der Waals surface area contributed by atoms with Gasteiger partial charge in [0.2, 0.25) is 10.0 Å². The lowest BCUT2D eigenvalue weighted by atomic mass is 10.3. The standard InChI is InChI=1S/C9H18ClNO2S2/c1-2-14-9-4-3-8(7-9)11-15(12,13)6-5-10/h8-9,11H,2-7H2,1H3. The maximum absolute atomic E-state index is 11.4. The first-order chi connectivity index (χ1) is 7.07. The lowest BCUT2D eigenvalue weighted by molar-refractivity contribution is 0.554. The average Bonchev–Trinajstić information content (AvgIpc) is 2.52. The highest BCUT2D eigenvalue weighted by molar-refractivity contribution is 7.99. The maximum Gasteiger partial charge on any atom is 0.213 e. The molecular formula is C9H18ClNO2S2. The molecule has 1 aliphatic rings. The van der Waals surface area contributed by atoms with Gasteiger partial charge in [-0.3, -0.25) is 0 Å². The Morgan fingerprint density at radius 1 is 1.47 bits per heavy atom. The van der Waals surface area contributed by atoms with E-state index >= 15 is 0 Å². The number of halogens is 1. The molecule has 90 valence electrons. The molecule has 1 fully saturated rings. The first-order valence-corrected chi connectivity index (χ1v) is 8.48. The molecule has 0 aliphatic heterocycles. The van der Waals surface area contributed by atoms with Gasteiger partial charge >= 0.3 is 0 Å². The molecule has 0 amide bonds. The molecule has 2 unspecified atom stereocenters. The molecule has 1 rings (SSSR count). The van der Waals surface area contributed by atoms with Crippen LogP contribution in [0.2, 0.25) is 0 Å². The highest BCUT2D eigenvalue weighted by atomic mass is 35.5. The number of hydrogen-bond acceptors (Lipinski definition) is 3. The van der Waals surface area contributed by atoms with E-state index in [9.17, 15) is 8.42 Å². The van der Waals surface area contributed by atoms with E-state index in [2.05, 4.69) is 11.6 Å². The fourth-order valence-corrected chi connectivity index (χ4v) is 4.64.